The number of carbonyl (C=O) groups excluding carboxylic acids is 1. The third-order valence-corrected chi connectivity index (χ3v) is 9.98. The molecule has 4 aliphatic carbocycles. The lowest BCUT2D eigenvalue weighted by Crippen LogP contribution is -2.65. The van der Waals surface area contributed by atoms with Gasteiger partial charge in [0.15, 0.2) is 0 Å². The van der Waals surface area contributed by atoms with E-state index < -0.39 is 24.6 Å². The minimum absolute atomic E-state index is 0.0132. The van der Waals surface area contributed by atoms with Crippen LogP contribution in [0.4, 0.5) is 0 Å². The summed E-state index contributed by atoms with van der Waals surface area (Å²) in [5.74, 6) is 0.0974. The van der Waals surface area contributed by atoms with E-state index >= 15 is 0 Å². The van der Waals surface area contributed by atoms with Crippen molar-refractivity contribution in [3.05, 3.63) is 29.3 Å². The molecule has 2 bridgehead atoms. The predicted molar refractivity (Wildman–Crippen MR) is 140 cm³/mol. The first-order valence-electron chi connectivity index (χ1n) is 13.8. The summed E-state index contributed by atoms with van der Waals surface area (Å²) in [5.41, 5.74) is 6.66. The molecule has 6 rings (SSSR count). The number of aromatic carboxylic acids is 1. The van der Waals surface area contributed by atoms with Crippen LogP contribution in [0.1, 0.15) is 81.6 Å². The maximum absolute atomic E-state index is 13.3. The second kappa shape index (κ2) is 9.90. The zero-order valence-corrected chi connectivity index (χ0v) is 22.5. The molecule has 0 radical (unpaired) electrons. The van der Waals surface area contributed by atoms with E-state index in [0.717, 1.165) is 38.5 Å². The number of hydrogen-bond donors (Lipinski definition) is 3. The summed E-state index contributed by atoms with van der Waals surface area (Å²) >= 11 is 0. The number of para-hydroxylation sites is 1. The van der Waals surface area contributed by atoms with E-state index in [1.54, 1.807) is 6.07 Å². The fraction of sp³-hybridized carbons (Fsp3) is 0.714. The number of benzene rings is 1. The van der Waals surface area contributed by atoms with E-state index in [1.807, 2.05) is 6.07 Å². The van der Waals surface area contributed by atoms with E-state index in [0.29, 0.717) is 41.9 Å². The molecule has 1 aromatic carbocycles. The number of methoxy groups -OCH3 is 1. The number of carboxylic acid groups (broad SMARTS) is 1. The van der Waals surface area contributed by atoms with Gasteiger partial charge in [-0.05, 0) is 86.7 Å². The molecule has 1 saturated heterocycles. The van der Waals surface area contributed by atoms with Gasteiger partial charge in [-0.25, -0.2) is 4.79 Å². The second-order valence-corrected chi connectivity index (χ2v) is 12.5. The zero-order chi connectivity index (χ0) is 26.5. The molecule has 8 nitrogen and oxygen atoms in total. The number of hydrogen-bond acceptors (Lipinski definition) is 6. The highest BCUT2D eigenvalue weighted by Gasteiger charge is 2.68. The van der Waals surface area contributed by atoms with Gasteiger partial charge in [0.1, 0.15) is 11.3 Å². The average Bonchev–Trinajstić information content (AvgIpc) is 3.22. The molecule has 1 aromatic rings. The SMILES string of the molecule is COc1c(CC(NC(=O)CC2CCC(N)CC2)B2OC3CC4CC(C4(C)C)C3(C)O2)cccc1C(=O)O. The summed E-state index contributed by atoms with van der Waals surface area (Å²) < 4.78 is 18.8. The number of carboxylic acids is 1. The van der Waals surface area contributed by atoms with Gasteiger partial charge in [-0.1, -0.05) is 26.0 Å². The van der Waals surface area contributed by atoms with Crippen molar-refractivity contribution in [1.82, 2.24) is 5.32 Å². The lowest BCUT2D eigenvalue weighted by atomic mass is 9.43. The van der Waals surface area contributed by atoms with E-state index in [9.17, 15) is 14.7 Å². The van der Waals surface area contributed by atoms with Crippen molar-refractivity contribution in [3.8, 4) is 5.75 Å². The molecular weight excluding hydrogens is 471 g/mol. The Kier molecular flexibility index (Phi) is 7.09. The normalized spacial score (nSPS) is 34.7. The Morgan fingerprint density at radius 3 is 2.59 bits per heavy atom. The Balaban J connectivity index is 1.37. The predicted octanol–water partition coefficient (Wildman–Crippen LogP) is 3.60. The average molecular weight is 512 g/mol. The van der Waals surface area contributed by atoms with Crippen molar-refractivity contribution in [2.45, 2.75) is 95.8 Å². The Morgan fingerprint density at radius 1 is 1.22 bits per heavy atom. The monoisotopic (exact) mass is 512 g/mol. The molecule has 5 unspecified atom stereocenters. The molecule has 9 heteroatoms. The first-order chi connectivity index (χ1) is 17.5. The van der Waals surface area contributed by atoms with E-state index in [4.69, 9.17) is 19.8 Å². The maximum atomic E-state index is 13.3. The maximum Gasteiger partial charge on any atom is 0.482 e. The van der Waals surface area contributed by atoms with Crippen molar-refractivity contribution in [2.75, 3.05) is 7.11 Å². The molecule has 202 valence electrons. The van der Waals surface area contributed by atoms with E-state index in [1.165, 1.54) is 13.2 Å². The minimum atomic E-state index is -1.05. The zero-order valence-electron chi connectivity index (χ0n) is 22.5. The van der Waals surface area contributed by atoms with Crippen molar-refractivity contribution in [2.24, 2.45) is 28.9 Å². The fourth-order valence-electron chi connectivity index (χ4n) is 7.60. The standard InChI is InChI=1S/C28H41BN2O6/c1-27(2)18-14-21(27)28(3)22(15-18)36-29(37-28)23(31-24(32)12-16-8-10-19(30)11-9-16)13-17-6-5-7-20(26(33)34)25(17)35-4/h5-7,16,18-19,21-23H,8-15,30H2,1-4H3,(H,31,32)(H,33,34). The van der Waals surface area contributed by atoms with Crippen molar-refractivity contribution in [3.63, 3.8) is 0 Å². The highest BCUT2D eigenvalue weighted by atomic mass is 16.7. The Morgan fingerprint density at radius 2 is 1.95 bits per heavy atom. The highest BCUT2D eigenvalue weighted by molar-refractivity contribution is 6.48. The first kappa shape index (κ1) is 26.5. The van der Waals surface area contributed by atoms with Crippen LogP contribution in [-0.4, -0.2) is 54.9 Å². The Bertz CT molecular complexity index is 1040. The molecule has 0 spiro atoms. The van der Waals surface area contributed by atoms with Gasteiger partial charge >= 0.3 is 13.1 Å². The summed E-state index contributed by atoms with van der Waals surface area (Å²) in [6.07, 6.45) is 6.70. The Hall–Kier alpha value is -2.10. The van der Waals surface area contributed by atoms with Crippen molar-refractivity contribution >= 4 is 19.0 Å². The molecule has 0 aromatic heterocycles. The van der Waals surface area contributed by atoms with Crippen molar-refractivity contribution < 1.29 is 28.7 Å². The van der Waals surface area contributed by atoms with Crippen LogP contribution < -0.4 is 15.8 Å². The smallest absolute Gasteiger partial charge is 0.482 e. The van der Waals surface area contributed by atoms with Gasteiger partial charge in [0.2, 0.25) is 5.91 Å². The third kappa shape index (κ3) is 4.79. The lowest BCUT2D eigenvalue weighted by molar-refractivity contribution is -0.199. The van der Waals surface area contributed by atoms with Gasteiger partial charge < -0.3 is 30.2 Å². The van der Waals surface area contributed by atoms with Crippen LogP contribution in [0.25, 0.3) is 0 Å². The molecule has 37 heavy (non-hydrogen) atoms. The van der Waals surface area contributed by atoms with Crippen molar-refractivity contribution in [1.29, 1.82) is 0 Å². The number of nitrogens with one attached hydrogen (secondary N) is 1. The van der Waals surface area contributed by atoms with E-state index in [-0.39, 0.29) is 29.0 Å². The molecule has 1 amide bonds. The van der Waals surface area contributed by atoms with Crippen LogP contribution in [0.5, 0.6) is 5.75 Å². The summed E-state index contributed by atoms with van der Waals surface area (Å²) in [6, 6.07) is 5.32. The van der Waals surface area contributed by atoms with Crippen LogP contribution in [0.3, 0.4) is 0 Å². The minimum Gasteiger partial charge on any atom is -0.496 e. The summed E-state index contributed by atoms with van der Waals surface area (Å²) in [7, 11) is 0.854. The number of ether oxygens (including phenoxy) is 1. The first-order valence-corrected chi connectivity index (χ1v) is 13.8. The van der Waals surface area contributed by atoms with Gasteiger partial charge in [-0.2, -0.15) is 0 Å². The lowest BCUT2D eigenvalue weighted by Gasteiger charge is -2.64. The van der Waals surface area contributed by atoms with Gasteiger partial charge in [-0.15, -0.1) is 0 Å². The van der Waals surface area contributed by atoms with Crippen LogP contribution in [-0.2, 0) is 20.5 Å². The van der Waals surface area contributed by atoms with Crippen LogP contribution >= 0.6 is 0 Å². The third-order valence-electron chi connectivity index (χ3n) is 9.98. The van der Waals surface area contributed by atoms with E-state index in [2.05, 4.69) is 26.1 Å². The number of amides is 1. The molecule has 5 aliphatic rings. The molecule has 1 heterocycles. The fourth-order valence-corrected chi connectivity index (χ4v) is 7.60. The quantitative estimate of drug-likeness (QED) is 0.456. The summed E-state index contributed by atoms with van der Waals surface area (Å²) in [6.45, 7) is 6.80. The number of nitrogens with two attached hydrogens (primary N) is 1. The second-order valence-electron chi connectivity index (χ2n) is 12.5. The van der Waals surface area contributed by atoms with Gasteiger partial charge in [0.25, 0.3) is 0 Å². The molecule has 4 saturated carbocycles. The van der Waals surface area contributed by atoms with Crippen LogP contribution in [0.2, 0.25) is 0 Å². The van der Waals surface area contributed by atoms with Crippen LogP contribution in [0.15, 0.2) is 18.2 Å². The largest absolute Gasteiger partial charge is 0.496 e. The summed E-state index contributed by atoms with van der Waals surface area (Å²) in [5, 5.41) is 12.9. The van der Waals surface area contributed by atoms with Gasteiger partial charge in [0, 0.05) is 12.5 Å². The Labute approximate surface area is 220 Å². The van der Waals surface area contributed by atoms with Gasteiger partial charge in [-0.3, -0.25) is 4.79 Å². The molecule has 4 N–H and O–H groups in total. The molecular formula is C28H41BN2O6. The van der Waals surface area contributed by atoms with Crippen LogP contribution in [0, 0.1) is 23.2 Å². The topological polar surface area (TPSA) is 120 Å². The molecule has 1 aliphatic heterocycles. The van der Waals surface area contributed by atoms with Gasteiger partial charge in [0.05, 0.1) is 24.8 Å². The summed E-state index contributed by atoms with van der Waals surface area (Å²) in [4.78, 5) is 25.1. The number of carbonyl (C=O) groups is 2. The molecule has 5 fully saturated rings. The highest BCUT2D eigenvalue weighted by Crippen LogP contribution is 2.65. The number of rotatable bonds is 8. The molecule has 5 atom stereocenters.